The number of benzene rings is 1. The zero-order chi connectivity index (χ0) is 20.9. The molecule has 1 fully saturated rings. The van der Waals surface area contributed by atoms with E-state index in [1.165, 1.54) is 10.5 Å². The normalized spacial score (nSPS) is 26.4. The SMILES string of the molecule is C=CC[C@@H]1CC=C[C@@H](C)N1C(=O)CC[C@@]1(Cc2ccc(SC)cc2)CCC(=O)N1. The van der Waals surface area contributed by atoms with Crippen molar-refractivity contribution in [3.05, 3.63) is 54.6 Å². The van der Waals surface area contributed by atoms with Gasteiger partial charge in [-0.1, -0.05) is 30.4 Å². The van der Waals surface area contributed by atoms with Crippen LogP contribution in [-0.4, -0.2) is 40.6 Å². The lowest BCUT2D eigenvalue weighted by Crippen LogP contribution is -2.49. The van der Waals surface area contributed by atoms with Crippen molar-refractivity contribution in [1.82, 2.24) is 10.2 Å². The van der Waals surface area contributed by atoms with Gasteiger partial charge >= 0.3 is 0 Å². The van der Waals surface area contributed by atoms with E-state index in [9.17, 15) is 9.59 Å². The first-order chi connectivity index (χ1) is 14.0. The van der Waals surface area contributed by atoms with Gasteiger partial charge in [-0.15, -0.1) is 18.3 Å². The van der Waals surface area contributed by atoms with Crippen molar-refractivity contribution in [3.8, 4) is 0 Å². The molecule has 2 aliphatic rings. The summed E-state index contributed by atoms with van der Waals surface area (Å²) in [5.41, 5.74) is 0.882. The molecular weight excluding hydrogens is 380 g/mol. The van der Waals surface area contributed by atoms with E-state index in [0.29, 0.717) is 19.3 Å². The predicted molar refractivity (Wildman–Crippen MR) is 120 cm³/mol. The van der Waals surface area contributed by atoms with Crippen molar-refractivity contribution < 1.29 is 9.59 Å². The van der Waals surface area contributed by atoms with Crippen LogP contribution in [0, 0.1) is 0 Å². The van der Waals surface area contributed by atoms with Gasteiger partial charge in [-0.05, 0) is 63.0 Å². The molecule has 1 aromatic carbocycles. The Balaban J connectivity index is 1.69. The van der Waals surface area contributed by atoms with Crippen LogP contribution >= 0.6 is 11.8 Å². The fourth-order valence-electron chi connectivity index (χ4n) is 4.60. The maximum Gasteiger partial charge on any atom is 0.223 e. The lowest BCUT2D eigenvalue weighted by molar-refractivity contribution is -0.135. The third-order valence-electron chi connectivity index (χ3n) is 6.14. The lowest BCUT2D eigenvalue weighted by atomic mass is 9.84. The molecule has 5 heteroatoms. The van der Waals surface area contributed by atoms with Crippen molar-refractivity contribution in [3.63, 3.8) is 0 Å². The van der Waals surface area contributed by atoms with Crippen LogP contribution in [0.1, 0.15) is 51.0 Å². The summed E-state index contributed by atoms with van der Waals surface area (Å²) >= 11 is 1.72. The van der Waals surface area contributed by atoms with Crippen LogP contribution in [0.4, 0.5) is 0 Å². The van der Waals surface area contributed by atoms with Crippen LogP contribution in [0.3, 0.4) is 0 Å². The van der Waals surface area contributed by atoms with E-state index in [-0.39, 0.29) is 29.4 Å². The van der Waals surface area contributed by atoms with Crippen LogP contribution in [0.5, 0.6) is 0 Å². The second-order valence-electron chi connectivity index (χ2n) is 8.24. The average Bonchev–Trinajstić information content (AvgIpc) is 3.08. The van der Waals surface area contributed by atoms with Gasteiger partial charge in [-0.2, -0.15) is 0 Å². The van der Waals surface area contributed by atoms with Crippen molar-refractivity contribution in [2.45, 2.75) is 74.4 Å². The summed E-state index contributed by atoms with van der Waals surface area (Å²) in [5, 5.41) is 3.21. The van der Waals surface area contributed by atoms with Crippen LogP contribution in [0.15, 0.2) is 54.0 Å². The topological polar surface area (TPSA) is 49.4 Å². The molecular formula is C24H32N2O2S. The predicted octanol–water partition coefficient (Wildman–Crippen LogP) is 4.50. The van der Waals surface area contributed by atoms with E-state index in [1.54, 1.807) is 11.8 Å². The Kier molecular flexibility index (Phi) is 7.23. The molecule has 2 aliphatic heterocycles. The number of carbonyl (C=O) groups excluding carboxylic acids is 2. The molecule has 0 aliphatic carbocycles. The van der Waals surface area contributed by atoms with Crippen LogP contribution in [-0.2, 0) is 16.0 Å². The highest BCUT2D eigenvalue weighted by Gasteiger charge is 2.39. The van der Waals surface area contributed by atoms with E-state index in [2.05, 4.69) is 61.5 Å². The number of amides is 2. The second kappa shape index (κ2) is 9.66. The highest BCUT2D eigenvalue weighted by Crippen LogP contribution is 2.31. The van der Waals surface area contributed by atoms with Gasteiger partial charge in [0.15, 0.2) is 0 Å². The summed E-state index contributed by atoms with van der Waals surface area (Å²) in [6.07, 6.45) is 13.2. The van der Waals surface area contributed by atoms with Gasteiger partial charge in [0.1, 0.15) is 0 Å². The molecule has 1 N–H and O–H groups in total. The monoisotopic (exact) mass is 412 g/mol. The molecule has 29 heavy (non-hydrogen) atoms. The Labute approximate surface area is 178 Å². The third-order valence-corrected chi connectivity index (χ3v) is 6.88. The largest absolute Gasteiger partial charge is 0.350 e. The van der Waals surface area contributed by atoms with Gasteiger partial charge in [-0.3, -0.25) is 9.59 Å². The highest BCUT2D eigenvalue weighted by molar-refractivity contribution is 7.98. The smallest absolute Gasteiger partial charge is 0.223 e. The minimum atomic E-state index is -0.323. The van der Waals surface area contributed by atoms with E-state index < -0.39 is 0 Å². The van der Waals surface area contributed by atoms with E-state index in [4.69, 9.17) is 0 Å². The van der Waals surface area contributed by atoms with Crippen LogP contribution in [0.2, 0.25) is 0 Å². The number of carbonyl (C=O) groups is 2. The minimum absolute atomic E-state index is 0.0944. The highest BCUT2D eigenvalue weighted by atomic mass is 32.2. The molecule has 1 aromatic rings. The maximum absolute atomic E-state index is 13.2. The average molecular weight is 413 g/mol. The molecule has 0 aromatic heterocycles. The molecule has 2 heterocycles. The van der Waals surface area contributed by atoms with Crippen molar-refractivity contribution in [1.29, 1.82) is 0 Å². The Morgan fingerprint density at radius 1 is 1.38 bits per heavy atom. The van der Waals surface area contributed by atoms with Gasteiger partial charge in [0, 0.05) is 35.4 Å². The van der Waals surface area contributed by atoms with E-state index in [0.717, 1.165) is 25.7 Å². The minimum Gasteiger partial charge on any atom is -0.350 e. The molecule has 0 bridgehead atoms. The number of hydrogen-bond donors (Lipinski definition) is 1. The van der Waals surface area contributed by atoms with Gasteiger partial charge in [-0.25, -0.2) is 0 Å². The molecule has 1 saturated heterocycles. The second-order valence-corrected chi connectivity index (χ2v) is 9.12. The third kappa shape index (κ3) is 5.33. The van der Waals surface area contributed by atoms with Crippen LogP contribution < -0.4 is 5.32 Å². The first-order valence-electron chi connectivity index (χ1n) is 10.5. The fraction of sp³-hybridized carbons (Fsp3) is 0.500. The summed E-state index contributed by atoms with van der Waals surface area (Å²) in [5.74, 6) is 0.268. The van der Waals surface area contributed by atoms with Crippen molar-refractivity contribution in [2.24, 2.45) is 0 Å². The Bertz CT molecular complexity index is 774. The fourth-order valence-corrected chi connectivity index (χ4v) is 5.00. The van der Waals surface area contributed by atoms with Gasteiger partial charge in [0.2, 0.25) is 11.8 Å². The summed E-state index contributed by atoms with van der Waals surface area (Å²) < 4.78 is 0. The quantitative estimate of drug-likeness (QED) is 0.505. The van der Waals surface area contributed by atoms with E-state index in [1.807, 2.05) is 11.0 Å². The number of nitrogens with one attached hydrogen (secondary N) is 1. The lowest BCUT2D eigenvalue weighted by Gasteiger charge is -2.38. The zero-order valence-electron chi connectivity index (χ0n) is 17.5. The van der Waals surface area contributed by atoms with Crippen molar-refractivity contribution >= 4 is 23.6 Å². The Hall–Kier alpha value is -2.01. The zero-order valence-corrected chi connectivity index (χ0v) is 18.3. The van der Waals surface area contributed by atoms with Gasteiger partial charge in [0.25, 0.3) is 0 Å². The molecule has 4 nitrogen and oxygen atoms in total. The number of thioether (sulfide) groups is 1. The molecule has 0 spiro atoms. The summed E-state index contributed by atoms with van der Waals surface area (Å²) in [6.45, 7) is 5.92. The standard InChI is InChI=1S/C24H32N2O2S/c1-4-6-20-8-5-7-18(2)26(20)23(28)14-16-24(15-13-22(27)25-24)17-19-9-11-21(29-3)12-10-19/h4-5,7,9-12,18,20H,1,6,8,13-17H2,2-3H3,(H,25,27)/t18-,20-,24-/m1/s1. The summed E-state index contributed by atoms with van der Waals surface area (Å²) in [6, 6.07) is 8.81. The molecule has 0 saturated carbocycles. The van der Waals surface area contributed by atoms with Gasteiger partial charge < -0.3 is 10.2 Å². The number of nitrogens with zero attached hydrogens (tertiary/aromatic N) is 1. The number of hydrogen-bond acceptors (Lipinski definition) is 3. The molecule has 3 atom stereocenters. The summed E-state index contributed by atoms with van der Waals surface area (Å²) in [4.78, 5) is 28.5. The Morgan fingerprint density at radius 2 is 2.14 bits per heavy atom. The molecule has 0 unspecified atom stereocenters. The molecule has 2 amide bonds. The first kappa shape index (κ1) is 21.7. The number of rotatable bonds is 8. The van der Waals surface area contributed by atoms with Crippen molar-refractivity contribution in [2.75, 3.05) is 6.26 Å². The molecule has 156 valence electrons. The molecule has 0 radical (unpaired) electrons. The Morgan fingerprint density at radius 3 is 2.76 bits per heavy atom. The van der Waals surface area contributed by atoms with E-state index >= 15 is 0 Å². The van der Waals surface area contributed by atoms with Gasteiger partial charge in [0.05, 0.1) is 0 Å². The summed E-state index contributed by atoms with van der Waals surface area (Å²) in [7, 11) is 0. The molecule has 3 rings (SSSR count). The first-order valence-corrected chi connectivity index (χ1v) is 11.7. The maximum atomic E-state index is 13.2. The van der Waals surface area contributed by atoms with Crippen LogP contribution in [0.25, 0.3) is 0 Å².